The molecule has 0 saturated heterocycles. The van der Waals surface area contributed by atoms with Gasteiger partial charge in [0, 0.05) is 6.54 Å². The van der Waals surface area contributed by atoms with Gasteiger partial charge in [-0.05, 0) is 42.2 Å². The van der Waals surface area contributed by atoms with E-state index in [4.69, 9.17) is 0 Å². The third-order valence-electron chi connectivity index (χ3n) is 5.09. The second kappa shape index (κ2) is 9.85. The van der Waals surface area contributed by atoms with Gasteiger partial charge in [-0.2, -0.15) is 4.31 Å². The highest BCUT2D eigenvalue weighted by atomic mass is 32.2. The van der Waals surface area contributed by atoms with Crippen LogP contribution in [0.15, 0.2) is 96.4 Å². The number of aryl methyl sites for hydroxylation is 1. The van der Waals surface area contributed by atoms with E-state index in [0.29, 0.717) is 12.0 Å². The van der Waals surface area contributed by atoms with Gasteiger partial charge >= 0.3 is 0 Å². The van der Waals surface area contributed by atoms with Gasteiger partial charge in [-0.25, -0.2) is 8.42 Å². The topological polar surface area (TPSA) is 57.6 Å². The van der Waals surface area contributed by atoms with Crippen LogP contribution in [-0.2, 0) is 16.4 Å². The second-order valence-corrected chi connectivity index (χ2v) is 9.25. The summed E-state index contributed by atoms with van der Waals surface area (Å²) >= 11 is 0. The van der Waals surface area contributed by atoms with Crippen molar-refractivity contribution in [2.45, 2.75) is 24.3 Å². The molecule has 0 bridgehead atoms. The van der Waals surface area contributed by atoms with E-state index in [2.05, 4.69) is 6.58 Å². The average Bonchev–Trinajstić information content (AvgIpc) is 2.77. The van der Waals surface area contributed by atoms with E-state index in [1.807, 2.05) is 67.6 Å². The zero-order chi connectivity index (χ0) is 21.6. The SMILES string of the molecule is C=C(CN(C(CO)Cc1ccccc1)S(=O)(=O)c1ccc(C)cc1)c1ccccc1. The van der Waals surface area contributed by atoms with E-state index in [9.17, 15) is 13.5 Å². The van der Waals surface area contributed by atoms with Crippen molar-refractivity contribution in [1.82, 2.24) is 4.31 Å². The first-order valence-corrected chi connectivity index (χ1v) is 11.3. The zero-order valence-electron chi connectivity index (χ0n) is 17.1. The average molecular weight is 422 g/mol. The minimum Gasteiger partial charge on any atom is -0.395 e. The van der Waals surface area contributed by atoms with Gasteiger partial charge in [-0.1, -0.05) is 84.9 Å². The molecule has 0 aliphatic heterocycles. The number of nitrogens with zero attached hydrogens (tertiary/aromatic N) is 1. The van der Waals surface area contributed by atoms with E-state index in [1.165, 1.54) is 4.31 Å². The molecule has 0 fully saturated rings. The summed E-state index contributed by atoms with van der Waals surface area (Å²) in [5, 5.41) is 10.2. The van der Waals surface area contributed by atoms with E-state index >= 15 is 0 Å². The van der Waals surface area contributed by atoms with Crippen LogP contribution in [0.4, 0.5) is 0 Å². The van der Waals surface area contributed by atoms with Crippen LogP contribution in [0.1, 0.15) is 16.7 Å². The van der Waals surface area contributed by atoms with Gasteiger partial charge in [-0.3, -0.25) is 0 Å². The predicted octanol–water partition coefficient (Wildman–Crippen LogP) is 4.30. The van der Waals surface area contributed by atoms with Crippen molar-refractivity contribution in [3.05, 3.63) is 108 Å². The number of benzene rings is 3. The highest BCUT2D eigenvalue weighted by Crippen LogP contribution is 2.24. The van der Waals surface area contributed by atoms with E-state index in [-0.39, 0.29) is 18.0 Å². The Hall–Kier alpha value is -2.73. The van der Waals surface area contributed by atoms with Gasteiger partial charge < -0.3 is 5.11 Å². The van der Waals surface area contributed by atoms with Crippen LogP contribution in [0, 0.1) is 6.92 Å². The van der Waals surface area contributed by atoms with Crippen molar-refractivity contribution < 1.29 is 13.5 Å². The maximum atomic E-state index is 13.6. The van der Waals surface area contributed by atoms with Gasteiger partial charge in [0.1, 0.15) is 0 Å². The van der Waals surface area contributed by atoms with Gasteiger partial charge in [0.2, 0.25) is 10.0 Å². The standard InChI is InChI=1S/C25H27NO3S/c1-20-13-15-25(16-14-20)30(28,29)26(18-21(2)23-11-7-4-8-12-23)24(19-27)17-22-9-5-3-6-10-22/h3-16,24,27H,2,17-19H2,1H3. The van der Waals surface area contributed by atoms with Crippen LogP contribution in [0.5, 0.6) is 0 Å². The molecule has 0 saturated carbocycles. The quantitative estimate of drug-likeness (QED) is 0.560. The maximum Gasteiger partial charge on any atom is 0.243 e. The van der Waals surface area contributed by atoms with Crippen LogP contribution >= 0.6 is 0 Å². The molecular formula is C25H27NO3S. The Morgan fingerprint density at radius 2 is 1.50 bits per heavy atom. The smallest absolute Gasteiger partial charge is 0.243 e. The molecule has 5 heteroatoms. The van der Waals surface area contributed by atoms with Crippen LogP contribution in [-0.4, -0.2) is 37.0 Å². The maximum absolute atomic E-state index is 13.6. The number of aliphatic hydroxyl groups is 1. The summed E-state index contributed by atoms with van der Waals surface area (Å²) in [7, 11) is -3.84. The third kappa shape index (κ3) is 5.25. The van der Waals surface area contributed by atoms with E-state index in [1.54, 1.807) is 24.3 Å². The van der Waals surface area contributed by atoms with Gasteiger partial charge in [-0.15, -0.1) is 0 Å². The van der Waals surface area contributed by atoms with Gasteiger partial charge in [0.25, 0.3) is 0 Å². The molecule has 0 aliphatic carbocycles. The molecule has 0 heterocycles. The Labute approximate surface area is 179 Å². The Balaban J connectivity index is 1.98. The molecule has 0 spiro atoms. The lowest BCUT2D eigenvalue weighted by molar-refractivity contribution is 0.194. The van der Waals surface area contributed by atoms with Crippen molar-refractivity contribution in [2.24, 2.45) is 0 Å². The Bertz CT molecular complexity index is 1060. The summed E-state index contributed by atoms with van der Waals surface area (Å²) in [5.41, 5.74) is 3.50. The lowest BCUT2D eigenvalue weighted by Crippen LogP contribution is -2.44. The molecule has 30 heavy (non-hydrogen) atoms. The van der Waals surface area contributed by atoms with E-state index < -0.39 is 16.1 Å². The van der Waals surface area contributed by atoms with Gasteiger partial charge in [0.05, 0.1) is 17.5 Å². The fourth-order valence-electron chi connectivity index (χ4n) is 3.35. The fourth-order valence-corrected chi connectivity index (χ4v) is 4.96. The molecule has 3 aromatic carbocycles. The number of hydrogen-bond acceptors (Lipinski definition) is 3. The molecule has 0 amide bonds. The largest absolute Gasteiger partial charge is 0.395 e. The van der Waals surface area contributed by atoms with Crippen molar-refractivity contribution in [3.8, 4) is 0 Å². The monoisotopic (exact) mass is 421 g/mol. The van der Waals surface area contributed by atoms with Crippen molar-refractivity contribution in [2.75, 3.05) is 13.2 Å². The van der Waals surface area contributed by atoms with Crippen LogP contribution in [0.2, 0.25) is 0 Å². The Kier molecular flexibility index (Phi) is 7.21. The highest BCUT2D eigenvalue weighted by molar-refractivity contribution is 7.89. The van der Waals surface area contributed by atoms with Crippen molar-refractivity contribution in [3.63, 3.8) is 0 Å². The van der Waals surface area contributed by atoms with Crippen LogP contribution < -0.4 is 0 Å². The molecular weight excluding hydrogens is 394 g/mol. The lowest BCUT2D eigenvalue weighted by atomic mass is 10.0. The first kappa shape index (κ1) is 22.0. The number of sulfonamides is 1. The lowest BCUT2D eigenvalue weighted by Gasteiger charge is -2.30. The molecule has 3 rings (SSSR count). The van der Waals surface area contributed by atoms with Crippen molar-refractivity contribution in [1.29, 1.82) is 0 Å². The zero-order valence-corrected chi connectivity index (χ0v) is 17.9. The molecule has 1 N–H and O–H groups in total. The summed E-state index contributed by atoms with van der Waals surface area (Å²) in [6.45, 7) is 5.84. The molecule has 3 aromatic rings. The molecule has 0 aliphatic rings. The normalized spacial score (nSPS) is 12.6. The first-order valence-electron chi connectivity index (χ1n) is 9.88. The molecule has 0 radical (unpaired) electrons. The van der Waals surface area contributed by atoms with E-state index in [0.717, 1.165) is 16.7 Å². The van der Waals surface area contributed by atoms with Gasteiger partial charge in [0.15, 0.2) is 0 Å². The predicted molar refractivity (Wildman–Crippen MR) is 122 cm³/mol. The summed E-state index contributed by atoms with van der Waals surface area (Å²) in [5.74, 6) is 0. The third-order valence-corrected chi connectivity index (χ3v) is 7.00. The molecule has 1 atom stereocenters. The molecule has 0 aromatic heterocycles. The molecule has 1 unspecified atom stereocenters. The Morgan fingerprint density at radius 1 is 0.933 bits per heavy atom. The Morgan fingerprint density at radius 3 is 2.07 bits per heavy atom. The summed E-state index contributed by atoms with van der Waals surface area (Å²) in [4.78, 5) is 0.209. The minimum atomic E-state index is -3.84. The second-order valence-electron chi connectivity index (χ2n) is 7.36. The van der Waals surface area contributed by atoms with Crippen LogP contribution in [0.3, 0.4) is 0 Å². The van der Waals surface area contributed by atoms with Crippen molar-refractivity contribution >= 4 is 15.6 Å². The number of hydrogen-bond donors (Lipinski definition) is 1. The molecule has 156 valence electrons. The first-order chi connectivity index (χ1) is 14.4. The minimum absolute atomic E-state index is 0.0955. The summed E-state index contributed by atoms with van der Waals surface area (Å²) in [6.07, 6.45) is 0.407. The fraction of sp³-hybridized carbons (Fsp3) is 0.200. The molecule has 4 nitrogen and oxygen atoms in total. The highest BCUT2D eigenvalue weighted by Gasteiger charge is 2.32. The number of rotatable bonds is 9. The number of aliphatic hydroxyl groups excluding tert-OH is 1. The summed E-state index contributed by atoms with van der Waals surface area (Å²) < 4.78 is 28.5. The van der Waals surface area contributed by atoms with Crippen LogP contribution in [0.25, 0.3) is 5.57 Å². The summed E-state index contributed by atoms with van der Waals surface area (Å²) in [6, 6.07) is 25.3.